The number of carbonyl (C=O) groups excluding carboxylic acids is 2. The summed E-state index contributed by atoms with van der Waals surface area (Å²) in [6.45, 7) is 5.73. The van der Waals surface area contributed by atoms with Gasteiger partial charge in [0, 0.05) is 22.5 Å². The maximum absolute atomic E-state index is 13.9. The molecule has 0 aliphatic rings. The van der Waals surface area contributed by atoms with Crippen molar-refractivity contribution in [2.45, 2.75) is 45.4 Å². The first kappa shape index (κ1) is 27.8. The fourth-order valence-electron chi connectivity index (χ4n) is 3.94. The third kappa shape index (κ3) is 7.20. The van der Waals surface area contributed by atoms with Crippen LogP contribution in [0, 0.1) is 0 Å². The fraction of sp³-hybridized carbons (Fsp3) is 0.321. The molecule has 0 unspecified atom stereocenters. The monoisotopic (exact) mass is 548 g/mol. The average molecular weight is 549 g/mol. The number of amides is 2. The summed E-state index contributed by atoms with van der Waals surface area (Å²) in [5, 5.41) is 17.5. The quantitative estimate of drug-likeness (QED) is 0.318. The van der Waals surface area contributed by atoms with Crippen LogP contribution in [-0.4, -0.2) is 56.7 Å². The summed E-state index contributed by atoms with van der Waals surface area (Å²) in [5.41, 5.74) is 1.10. The molecule has 0 radical (unpaired) electrons. The third-order valence-electron chi connectivity index (χ3n) is 5.78. The van der Waals surface area contributed by atoms with Gasteiger partial charge in [0.2, 0.25) is 17.6 Å². The SMILES string of the molecule is COc1ccc(CN(C(=O)Cn2nnc(-c3ccc(OC)cc3)n2)[C@H](C(=O)NC(C)(C)C)c2cccs2)cc1. The molecule has 2 aromatic heterocycles. The molecule has 2 heterocycles. The van der Waals surface area contributed by atoms with Crippen LogP contribution in [-0.2, 0) is 22.7 Å². The summed E-state index contributed by atoms with van der Waals surface area (Å²) in [6.07, 6.45) is 0. The van der Waals surface area contributed by atoms with E-state index in [1.54, 1.807) is 31.3 Å². The second kappa shape index (κ2) is 12.1. The van der Waals surface area contributed by atoms with Crippen molar-refractivity contribution in [1.82, 2.24) is 30.4 Å². The molecule has 10 nitrogen and oxygen atoms in total. The predicted octanol–water partition coefficient (Wildman–Crippen LogP) is 4.10. The molecule has 1 N–H and O–H groups in total. The van der Waals surface area contributed by atoms with E-state index in [1.165, 1.54) is 16.1 Å². The minimum Gasteiger partial charge on any atom is -0.497 e. The molecule has 1 atom stereocenters. The molecule has 4 aromatic rings. The van der Waals surface area contributed by atoms with Crippen LogP contribution in [0.3, 0.4) is 0 Å². The van der Waals surface area contributed by atoms with Gasteiger partial charge in [-0.1, -0.05) is 18.2 Å². The third-order valence-corrected chi connectivity index (χ3v) is 6.71. The first-order valence-corrected chi connectivity index (χ1v) is 13.2. The van der Waals surface area contributed by atoms with Gasteiger partial charge in [-0.25, -0.2) is 0 Å². The van der Waals surface area contributed by atoms with Gasteiger partial charge in [0.25, 0.3) is 0 Å². The first-order valence-electron chi connectivity index (χ1n) is 12.4. The van der Waals surface area contributed by atoms with Gasteiger partial charge in [-0.05, 0) is 79.4 Å². The lowest BCUT2D eigenvalue weighted by atomic mass is 10.1. The Morgan fingerprint density at radius 1 is 1.00 bits per heavy atom. The number of rotatable bonds is 10. The zero-order valence-electron chi connectivity index (χ0n) is 22.6. The van der Waals surface area contributed by atoms with E-state index in [1.807, 2.05) is 74.7 Å². The maximum Gasteiger partial charge on any atom is 0.248 e. The van der Waals surface area contributed by atoms with Crippen molar-refractivity contribution in [2.24, 2.45) is 0 Å². The van der Waals surface area contributed by atoms with Crippen LogP contribution in [0.2, 0.25) is 0 Å². The van der Waals surface area contributed by atoms with Crippen LogP contribution in [0.15, 0.2) is 66.0 Å². The Balaban J connectivity index is 1.64. The number of benzene rings is 2. The first-order chi connectivity index (χ1) is 18.7. The van der Waals surface area contributed by atoms with Crippen molar-refractivity contribution < 1.29 is 19.1 Å². The highest BCUT2D eigenvalue weighted by Crippen LogP contribution is 2.29. The Morgan fingerprint density at radius 2 is 1.64 bits per heavy atom. The second-order valence-electron chi connectivity index (χ2n) is 9.90. The van der Waals surface area contributed by atoms with Crippen LogP contribution in [0.4, 0.5) is 0 Å². The fourth-order valence-corrected chi connectivity index (χ4v) is 4.77. The van der Waals surface area contributed by atoms with E-state index in [-0.39, 0.29) is 24.9 Å². The van der Waals surface area contributed by atoms with E-state index in [2.05, 4.69) is 20.7 Å². The molecule has 2 aromatic carbocycles. The van der Waals surface area contributed by atoms with Crippen molar-refractivity contribution in [3.63, 3.8) is 0 Å². The van der Waals surface area contributed by atoms with E-state index >= 15 is 0 Å². The maximum atomic E-state index is 13.9. The number of thiophene rings is 1. The number of aromatic nitrogens is 4. The van der Waals surface area contributed by atoms with E-state index in [4.69, 9.17) is 9.47 Å². The van der Waals surface area contributed by atoms with Gasteiger partial charge in [0.05, 0.1) is 14.2 Å². The highest BCUT2D eigenvalue weighted by atomic mass is 32.1. The smallest absolute Gasteiger partial charge is 0.248 e. The van der Waals surface area contributed by atoms with Crippen LogP contribution in [0.5, 0.6) is 11.5 Å². The average Bonchev–Trinajstić information content (AvgIpc) is 3.60. The zero-order valence-corrected chi connectivity index (χ0v) is 23.4. The van der Waals surface area contributed by atoms with Crippen LogP contribution in [0.1, 0.15) is 37.3 Å². The van der Waals surface area contributed by atoms with Gasteiger partial charge < -0.3 is 19.7 Å². The standard InChI is InChI=1S/C28H32N6O4S/c1-28(2,3)29-27(36)25(23-7-6-16-39-23)33(17-19-8-12-21(37-4)13-9-19)24(35)18-34-31-26(30-32-34)20-10-14-22(38-5)15-11-20/h6-16,25H,17-18H2,1-5H3,(H,29,36)/t25-/m0/s1. The number of carbonyl (C=O) groups is 2. The van der Waals surface area contributed by atoms with E-state index < -0.39 is 11.6 Å². The Kier molecular flexibility index (Phi) is 8.60. The number of hydrogen-bond acceptors (Lipinski definition) is 8. The van der Waals surface area contributed by atoms with Crippen LogP contribution < -0.4 is 14.8 Å². The van der Waals surface area contributed by atoms with Gasteiger partial charge in [0.1, 0.15) is 24.1 Å². The molecule has 0 aliphatic carbocycles. The van der Waals surface area contributed by atoms with Crippen molar-refractivity contribution in [2.75, 3.05) is 14.2 Å². The number of methoxy groups -OCH3 is 2. The van der Waals surface area contributed by atoms with E-state index in [0.29, 0.717) is 17.3 Å². The molecule has 11 heteroatoms. The lowest BCUT2D eigenvalue weighted by molar-refractivity contribution is -0.143. The highest BCUT2D eigenvalue weighted by Gasteiger charge is 2.34. The number of nitrogens with zero attached hydrogens (tertiary/aromatic N) is 5. The Labute approximate surface area is 231 Å². The molecule has 0 spiro atoms. The zero-order chi connectivity index (χ0) is 28.0. The van der Waals surface area contributed by atoms with Crippen molar-refractivity contribution in [3.8, 4) is 22.9 Å². The highest BCUT2D eigenvalue weighted by molar-refractivity contribution is 7.10. The Bertz CT molecular complexity index is 1380. The molecule has 0 aliphatic heterocycles. The van der Waals surface area contributed by atoms with Gasteiger partial charge in [0.15, 0.2) is 0 Å². The molecule has 39 heavy (non-hydrogen) atoms. The summed E-state index contributed by atoms with van der Waals surface area (Å²) < 4.78 is 10.5. The Morgan fingerprint density at radius 3 is 2.21 bits per heavy atom. The van der Waals surface area contributed by atoms with E-state index in [0.717, 1.165) is 16.0 Å². The molecule has 0 saturated heterocycles. The summed E-state index contributed by atoms with van der Waals surface area (Å²) in [6, 6.07) is 17.5. The molecule has 0 saturated carbocycles. The van der Waals surface area contributed by atoms with Gasteiger partial charge in [-0.15, -0.1) is 21.5 Å². The number of tetrazole rings is 1. The summed E-state index contributed by atoms with van der Waals surface area (Å²) in [7, 11) is 3.19. The molecular formula is C28H32N6O4S. The van der Waals surface area contributed by atoms with Gasteiger partial charge in [-0.2, -0.15) is 4.80 Å². The summed E-state index contributed by atoms with van der Waals surface area (Å²) >= 11 is 1.42. The molecule has 0 fully saturated rings. The molecule has 4 rings (SSSR count). The molecule has 2 amide bonds. The van der Waals surface area contributed by atoms with Crippen molar-refractivity contribution >= 4 is 23.2 Å². The van der Waals surface area contributed by atoms with Gasteiger partial charge >= 0.3 is 0 Å². The van der Waals surface area contributed by atoms with Crippen LogP contribution in [0.25, 0.3) is 11.4 Å². The molecular weight excluding hydrogens is 516 g/mol. The van der Waals surface area contributed by atoms with E-state index in [9.17, 15) is 9.59 Å². The van der Waals surface area contributed by atoms with Crippen LogP contribution >= 0.6 is 11.3 Å². The summed E-state index contributed by atoms with van der Waals surface area (Å²) in [4.78, 5) is 31.0. The molecule has 204 valence electrons. The number of ether oxygens (including phenoxy) is 2. The number of nitrogens with one attached hydrogen (secondary N) is 1. The van der Waals surface area contributed by atoms with Crippen molar-refractivity contribution in [1.29, 1.82) is 0 Å². The lowest BCUT2D eigenvalue weighted by Crippen LogP contribution is -2.49. The minimum absolute atomic E-state index is 0.190. The minimum atomic E-state index is -0.844. The molecule has 0 bridgehead atoms. The summed E-state index contributed by atoms with van der Waals surface area (Å²) in [5.74, 6) is 1.20. The predicted molar refractivity (Wildman–Crippen MR) is 148 cm³/mol. The van der Waals surface area contributed by atoms with Gasteiger partial charge in [-0.3, -0.25) is 9.59 Å². The van der Waals surface area contributed by atoms with Crippen molar-refractivity contribution in [3.05, 3.63) is 76.5 Å². The largest absolute Gasteiger partial charge is 0.497 e. The normalized spacial score (nSPS) is 12.0. The topological polar surface area (TPSA) is 111 Å². The lowest BCUT2D eigenvalue weighted by Gasteiger charge is -2.33. The number of hydrogen-bond donors (Lipinski definition) is 1. The Hall–Kier alpha value is -4.25. The second-order valence-corrected chi connectivity index (χ2v) is 10.9.